The molecular formula is C23H22N2O4. The average Bonchev–Trinajstić information content (AvgIpc) is 2.71. The van der Waals surface area contributed by atoms with Crippen LogP contribution < -0.4 is 10.6 Å². The maximum atomic E-state index is 12.5. The Balaban J connectivity index is 1.56. The van der Waals surface area contributed by atoms with Crippen molar-refractivity contribution in [2.75, 3.05) is 13.1 Å². The molecule has 3 aromatic rings. The zero-order valence-corrected chi connectivity index (χ0v) is 16.1. The Morgan fingerprint density at radius 2 is 1.41 bits per heavy atom. The number of carbonyl (C=O) groups excluding carboxylic acids is 2. The third-order valence-corrected chi connectivity index (χ3v) is 4.58. The lowest BCUT2D eigenvalue weighted by Crippen LogP contribution is -2.35. The highest BCUT2D eigenvalue weighted by atomic mass is 16.4. The van der Waals surface area contributed by atoms with Crippen molar-refractivity contribution in [3.63, 3.8) is 0 Å². The number of carboxylic acids is 1. The van der Waals surface area contributed by atoms with Gasteiger partial charge in [0.2, 0.25) is 5.91 Å². The lowest BCUT2D eigenvalue weighted by Gasteiger charge is -2.10. The van der Waals surface area contributed by atoms with Crippen LogP contribution in [0.15, 0.2) is 60.7 Å². The molecule has 0 aliphatic rings. The van der Waals surface area contributed by atoms with Gasteiger partial charge in [0.05, 0.1) is 17.5 Å². The van der Waals surface area contributed by atoms with Crippen molar-refractivity contribution in [1.82, 2.24) is 10.6 Å². The number of benzene rings is 3. The molecule has 29 heavy (non-hydrogen) atoms. The van der Waals surface area contributed by atoms with E-state index in [-0.39, 0.29) is 36.5 Å². The molecule has 0 aromatic heterocycles. The number of hydrogen-bond acceptors (Lipinski definition) is 3. The second kappa shape index (κ2) is 9.01. The summed E-state index contributed by atoms with van der Waals surface area (Å²) in [5.41, 5.74) is 2.09. The molecule has 2 amide bonds. The molecule has 0 unspecified atom stereocenters. The van der Waals surface area contributed by atoms with Crippen LogP contribution in [-0.2, 0) is 11.2 Å². The normalized spacial score (nSPS) is 10.5. The van der Waals surface area contributed by atoms with Gasteiger partial charge in [0.25, 0.3) is 5.91 Å². The minimum Gasteiger partial charge on any atom is -0.478 e. The van der Waals surface area contributed by atoms with E-state index < -0.39 is 11.9 Å². The van der Waals surface area contributed by atoms with Crippen molar-refractivity contribution >= 4 is 28.6 Å². The van der Waals surface area contributed by atoms with E-state index in [2.05, 4.69) is 10.6 Å². The fourth-order valence-electron chi connectivity index (χ4n) is 3.03. The molecular weight excluding hydrogens is 368 g/mol. The van der Waals surface area contributed by atoms with Crippen molar-refractivity contribution in [2.24, 2.45) is 0 Å². The Labute approximate surface area is 168 Å². The van der Waals surface area contributed by atoms with Gasteiger partial charge in [-0.15, -0.1) is 0 Å². The van der Waals surface area contributed by atoms with E-state index in [0.29, 0.717) is 0 Å². The van der Waals surface area contributed by atoms with Gasteiger partial charge in [-0.05, 0) is 35.4 Å². The highest BCUT2D eigenvalue weighted by Crippen LogP contribution is 2.20. The third-order valence-electron chi connectivity index (χ3n) is 4.58. The van der Waals surface area contributed by atoms with E-state index in [4.69, 9.17) is 0 Å². The number of carbonyl (C=O) groups is 3. The van der Waals surface area contributed by atoms with Crippen molar-refractivity contribution in [3.8, 4) is 0 Å². The van der Waals surface area contributed by atoms with Gasteiger partial charge in [-0.2, -0.15) is 0 Å². The predicted molar refractivity (Wildman–Crippen MR) is 111 cm³/mol. The van der Waals surface area contributed by atoms with Gasteiger partial charge in [0.15, 0.2) is 0 Å². The molecule has 0 atom stereocenters. The molecule has 0 saturated heterocycles. The number of carboxylic acid groups (broad SMARTS) is 1. The van der Waals surface area contributed by atoms with E-state index in [0.717, 1.165) is 21.9 Å². The van der Waals surface area contributed by atoms with Crippen LogP contribution in [0.5, 0.6) is 0 Å². The number of aromatic carboxylic acids is 1. The first-order valence-corrected chi connectivity index (χ1v) is 9.30. The standard InChI is InChI=1S/C23H22N2O4/c1-15-6-8-16(9-7-15)12-21(26)24-10-11-25-22(27)19-13-17-4-2-3-5-18(17)14-20(19)23(28)29/h2-9,13-14H,10-12H2,1H3,(H,24,26)(H,25,27)(H,28,29). The summed E-state index contributed by atoms with van der Waals surface area (Å²) < 4.78 is 0. The quantitative estimate of drug-likeness (QED) is 0.541. The van der Waals surface area contributed by atoms with Crippen LogP contribution in [0, 0.1) is 6.92 Å². The zero-order valence-electron chi connectivity index (χ0n) is 16.1. The molecule has 3 N–H and O–H groups in total. The van der Waals surface area contributed by atoms with E-state index in [1.54, 1.807) is 12.1 Å². The van der Waals surface area contributed by atoms with Crippen LogP contribution in [0.1, 0.15) is 31.8 Å². The Bertz CT molecular complexity index is 1060. The first kappa shape index (κ1) is 20.1. The van der Waals surface area contributed by atoms with Gasteiger partial charge >= 0.3 is 5.97 Å². The monoisotopic (exact) mass is 390 g/mol. The fourth-order valence-corrected chi connectivity index (χ4v) is 3.03. The molecule has 0 fully saturated rings. The van der Waals surface area contributed by atoms with Crippen molar-refractivity contribution in [2.45, 2.75) is 13.3 Å². The van der Waals surface area contributed by atoms with E-state index in [9.17, 15) is 19.5 Å². The predicted octanol–water partition coefficient (Wildman–Crippen LogP) is 2.94. The van der Waals surface area contributed by atoms with Crippen molar-refractivity contribution in [3.05, 3.63) is 82.9 Å². The topological polar surface area (TPSA) is 95.5 Å². The second-order valence-corrected chi connectivity index (χ2v) is 6.82. The minimum absolute atomic E-state index is 0.0513. The Morgan fingerprint density at radius 1 is 0.828 bits per heavy atom. The molecule has 0 aliphatic carbocycles. The van der Waals surface area contributed by atoms with Crippen LogP contribution in [0.4, 0.5) is 0 Å². The van der Waals surface area contributed by atoms with Gasteiger partial charge in [-0.3, -0.25) is 9.59 Å². The Morgan fingerprint density at radius 3 is 2.03 bits per heavy atom. The molecule has 148 valence electrons. The molecule has 6 nitrogen and oxygen atoms in total. The highest BCUT2D eigenvalue weighted by Gasteiger charge is 2.17. The lowest BCUT2D eigenvalue weighted by atomic mass is 10.0. The summed E-state index contributed by atoms with van der Waals surface area (Å²) in [6.07, 6.45) is 0.266. The fraction of sp³-hybridized carbons (Fsp3) is 0.174. The average molecular weight is 390 g/mol. The number of fused-ring (bicyclic) bond motifs is 1. The molecule has 6 heteroatoms. The van der Waals surface area contributed by atoms with E-state index in [1.165, 1.54) is 6.07 Å². The number of amides is 2. The molecule has 0 spiro atoms. The summed E-state index contributed by atoms with van der Waals surface area (Å²) in [6, 6.07) is 18.0. The number of rotatable bonds is 7. The van der Waals surface area contributed by atoms with Crippen LogP contribution in [0.2, 0.25) is 0 Å². The first-order valence-electron chi connectivity index (χ1n) is 9.30. The second-order valence-electron chi connectivity index (χ2n) is 6.82. The Hall–Kier alpha value is -3.67. The van der Waals surface area contributed by atoms with Gasteiger partial charge in [-0.1, -0.05) is 54.1 Å². The van der Waals surface area contributed by atoms with Crippen LogP contribution >= 0.6 is 0 Å². The summed E-state index contributed by atoms with van der Waals surface area (Å²) >= 11 is 0. The minimum atomic E-state index is -1.16. The molecule has 3 rings (SSSR count). The van der Waals surface area contributed by atoms with Gasteiger partial charge in [-0.25, -0.2) is 4.79 Å². The van der Waals surface area contributed by atoms with Crippen LogP contribution in [-0.4, -0.2) is 36.0 Å². The zero-order chi connectivity index (χ0) is 20.8. The molecule has 0 aliphatic heterocycles. The SMILES string of the molecule is Cc1ccc(CC(=O)NCCNC(=O)c2cc3ccccc3cc2C(=O)O)cc1. The largest absolute Gasteiger partial charge is 0.478 e. The molecule has 0 saturated carbocycles. The lowest BCUT2D eigenvalue weighted by molar-refractivity contribution is -0.120. The first-order chi connectivity index (χ1) is 13.9. The highest BCUT2D eigenvalue weighted by molar-refractivity contribution is 6.08. The van der Waals surface area contributed by atoms with Gasteiger partial charge in [0.1, 0.15) is 0 Å². The number of aryl methyl sites for hydroxylation is 1. The van der Waals surface area contributed by atoms with E-state index in [1.807, 2.05) is 49.4 Å². The number of hydrogen-bond donors (Lipinski definition) is 3. The molecule has 3 aromatic carbocycles. The Kier molecular flexibility index (Phi) is 6.24. The summed E-state index contributed by atoms with van der Waals surface area (Å²) in [7, 11) is 0. The summed E-state index contributed by atoms with van der Waals surface area (Å²) in [6.45, 7) is 2.44. The van der Waals surface area contributed by atoms with E-state index >= 15 is 0 Å². The van der Waals surface area contributed by atoms with Crippen molar-refractivity contribution in [1.29, 1.82) is 0 Å². The smallest absolute Gasteiger partial charge is 0.336 e. The maximum absolute atomic E-state index is 12.5. The third kappa shape index (κ3) is 5.19. The molecule has 0 radical (unpaired) electrons. The molecule has 0 heterocycles. The summed E-state index contributed by atoms with van der Waals surface area (Å²) in [4.78, 5) is 36.0. The van der Waals surface area contributed by atoms with Gasteiger partial charge in [0, 0.05) is 13.1 Å². The van der Waals surface area contributed by atoms with Crippen LogP contribution in [0.3, 0.4) is 0 Å². The van der Waals surface area contributed by atoms with Crippen LogP contribution in [0.25, 0.3) is 10.8 Å². The maximum Gasteiger partial charge on any atom is 0.336 e. The number of nitrogens with one attached hydrogen (secondary N) is 2. The summed E-state index contributed by atoms with van der Waals surface area (Å²) in [5, 5.41) is 16.4. The van der Waals surface area contributed by atoms with Gasteiger partial charge < -0.3 is 15.7 Å². The molecule has 0 bridgehead atoms. The van der Waals surface area contributed by atoms with Crippen molar-refractivity contribution < 1.29 is 19.5 Å². The summed E-state index contributed by atoms with van der Waals surface area (Å²) in [5.74, 6) is -1.78.